The number of hydrogen-bond acceptors (Lipinski definition) is 3. The fraction of sp³-hybridized carbons (Fsp3) is 0.176. The molecule has 0 aliphatic carbocycles. The molecule has 0 saturated carbocycles. The predicted molar refractivity (Wildman–Crippen MR) is 83.3 cm³/mol. The van der Waals surface area contributed by atoms with Gasteiger partial charge in [-0.3, -0.25) is 4.79 Å². The minimum atomic E-state index is -0.397. The van der Waals surface area contributed by atoms with Gasteiger partial charge in [0.1, 0.15) is 5.65 Å². The predicted octanol–water partition coefficient (Wildman–Crippen LogP) is 1.73. The quantitative estimate of drug-likeness (QED) is 0.753. The number of aliphatic hydroxyl groups excluding tert-OH is 1. The van der Waals surface area contributed by atoms with E-state index in [1.54, 1.807) is 0 Å². The van der Waals surface area contributed by atoms with Gasteiger partial charge in [-0.05, 0) is 17.7 Å². The van der Waals surface area contributed by atoms with Crippen molar-refractivity contribution >= 4 is 11.6 Å². The Hall–Kier alpha value is -2.66. The van der Waals surface area contributed by atoms with E-state index < -0.39 is 6.04 Å². The van der Waals surface area contributed by atoms with Crippen LogP contribution in [0.1, 0.15) is 17.3 Å². The summed E-state index contributed by atoms with van der Waals surface area (Å²) in [4.78, 5) is 16.6. The molecule has 0 aliphatic heterocycles. The number of rotatable bonds is 5. The zero-order valence-corrected chi connectivity index (χ0v) is 12.0. The second-order valence-electron chi connectivity index (χ2n) is 5.09. The van der Waals surface area contributed by atoms with Crippen LogP contribution < -0.4 is 5.32 Å². The first-order valence-electron chi connectivity index (χ1n) is 7.14. The summed E-state index contributed by atoms with van der Waals surface area (Å²) in [5.41, 5.74) is 2.40. The van der Waals surface area contributed by atoms with Crippen LogP contribution in [0.5, 0.6) is 0 Å². The van der Waals surface area contributed by atoms with Crippen molar-refractivity contribution in [2.75, 3.05) is 6.61 Å². The van der Waals surface area contributed by atoms with Crippen LogP contribution in [0.15, 0.2) is 60.9 Å². The number of nitrogens with one attached hydrogen (secondary N) is 1. The zero-order valence-electron chi connectivity index (χ0n) is 12.0. The number of carbonyl (C=O) groups is 1. The molecule has 3 rings (SSSR count). The normalized spacial score (nSPS) is 12.2. The van der Waals surface area contributed by atoms with Gasteiger partial charge in [0.25, 0.3) is 0 Å². The third-order valence-electron chi connectivity index (χ3n) is 3.48. The fourth-order valence-electron chi connectivity index (χ4n) is 2.40. The molecule has 1 atom stereocenters. The van der Waals surface area contributed by atoms with Crippen LogP contribution in [0.2, 0.25) is 0 Å². The Morgan fingerprint density at radius 2 is 1.95 bits per heavy atom. The molecule has 5 nitrogen and oxygen atoms in total. The van der Waals surface area contributed by atoms with E-state index in [0.717, 1.165) is 11.2 Å². The number of pyridine rings is 1. The topological polar surface area (TPSA) is 66.6 Å². The van der Waals surface area contributed by atoms with Gasteiger partial charge < -0.3 is 14.8 Å². The van der Waals surface area contributed by atoms with E-state index in [2.05, 4.69) is 10.3 Å². The summed E-state index contributed by atoms with van der Waals surface area (Å²) in [5.74, 6) is -0.161. The first-order chi connectivity index (χ1) is 10.8. The van der Waals surface area contributed by atoms with Crippen molar-refractivity contribution in [2.24, 2.45) is 0 Å². The molecule has 0 aliphatic rings. The summed E-state index contributed by atoms with van der Waals surface area (Å²) in [6.07, 6.45) is 3.92. The first kappa shape index (κ1) is 14.3. The number of fused-ring (bicyclic) bond motifs is 1. The highest BCUT2D eigenvalue weighted by Gasteiger charge is 2.14. The Kier molecular flexibility index (Phi) is 4.16. The Balaban J connectivity index is 1.68. The standard InChI is InChI=1S/C17H17N3O2/c21-12-15(13-6-2-1-3-7-13)19-17(22)10-14-11-20-9-5-4-8-16(20)18-14/h1-9,11,15,21H,10,12H2,(H,19,22)/t15-/m1/s1. The molecular weight excluding hydrogens is 278 g/mol. The van der Waals surface area contributed by atoms with Crippen molar-refractivity contribution in [3.05, 3.63) is 72.2 Å². The molecule has 3 aromatic rings. The van der Waals surface area contributed by atoms with Crippen LogP contribution >= 0.6 is 0 Å². The molecule has 2 heterocycles. The molecule has 1 amide bonds. The fourth-order valence-corrected chi connectivity index (χ4v) is 2.40. The largest absolute Gasteiger partial charge is 0.394 e. The highest BCUT2D eigenvalue weighted by Crippen LogP contribution is 2.12. The van der Waals surface area contributed by atoms with E-state index in [1.807, 2.05) is 65.3 Å². The van der Waals surface area contributed by atoms with Crippen LogP contribution in [0.4, 0.5) is 0 Å². The van der Waals surface area contributed by atoms with Crippen molar-refractivity contribution in [2.45, 2.75) is 12.5 Å². The number of hydrogen-bond donors (Lipinski definition) is 2. The lowest BCUT2D eigenvalue weighted by Gasteiger charge is -2.16. The molecule has 0 saturated heterocycles. The van der Waals surface area contributed by atoms with Crippen LogP contribution in [-0.2, 0) is 11.2 Å². The first-order valence-corrected chi connectivity index (χ1v) is 7.14. The van der Waals surface area contributed by atoms with Crippen LogP contribution in [0, 0.1) is 0 Å². The van der Waals surface area contributed by atoms with Crippen molar-refractivity contribution in [3.8, 4) is 0 Å². The third-order valence-corrected chi connectivity index (χ3v) is 3.48. The summed E-state index contributed by atoms with van der Waals surface area (Å²) < 4.78 is 1.88. The molecule has 0 bridgehead atoms. The van der Waals surface area contributed by atoms with Gasteiger partial charge in [0.05, 0.1) is 24.8 Å². The van der Waals surface area contributed by atoms with E-state index in [4.69, 9.17) is 0 Å². The van der Waals surface area contributed by atoms with Crippen molar-refractivity contribution in [3.63, 3.8) is 0 Å². The van der Waals surface area contributed by atoms with Gasteiger partial charge in [-0.1, -0.05) is 36.4 Å². The molecule has 112 valence electrons. The monoisotopic (exact) mass is 295 g/mol. The van der Waals surface area contributed by atoms with Crippen molar-refractivity contribution in [1.82, 2.24) is 14.7 Å². The van der Waals surface area contributed by atoms with E-state index in [-0.39, 0.29) is 18.9 Å². The van der Waals surface area contributed by atoms with Gasteiger partial charge in [0, 0.05) is 12.4 Å². The number of amides is 1. The number of nitrogens with zero attached hydrogens (tertiary/aromatic N) is 2. The third kappa shape index (κ3) is 3.15. The summed E-state index contributed by atoms with van der Waals surface area (Å²) in [5, 5.41) is 12.3. The number of carbonyl (C=O) groups excluding carboxylic acids is 1. The van der Waals surface area contributed by atoms with Crippen molar-refractivity contribution in [1.29, 1.82) is 0 Å². The number of imidazole rings is 1. The maximum atomic E-state index is 12.2. The maximum absolute atomic E-state index is 12.2. The Morgan fingerprint density at radius 1 is 1.18 bits per heavy atom. The molecule has 0 radical (unpaired) electrons. The molecule has 2 aromatic heterocycles. The lowest BCUT2D eigenvalue weighted by Crippen LogP contribution is -2.32. The Bertz CT molecular complexity index is 735. The molecule has 0 fully saturated rings. The van der Waals surface area contributed by atoms with Crippen LogP contribution in [0.3, 0.4) is 0 Å². The highest BCUT2D eigenvalue weighted by atomic mass is 16.3. The summed E-state index contributed by atoms with van der Waals surface area (Å²) in [6, 6.07) is 14.7. The molecule has 1 aromatic carbocycles. The number of benzene rings is 1. The van der Waals surface area contributed by atoms with E-state index >= 15 is 0 Å². The number of aromatic nitrogens is 2. The van der Waals surface area contributed by atoms with Gasteiger partial charge >= 0.3 is 0 Å². The van der Waals surface area contributed by atoms with E-state index in [9.17, 15) is 9.90 Å². The van der Waals surface area contributed by atoms with Gasteiger partial charge in [0.15, 0.2) is 0 Å². The molecular formula is C17H17N3O2. The lowest BCUT2D eigenvalue weighted by atomic mass is 10.1. The Morgan fingerprint density at radius 3 is 2.68 bits per heavy atom. The van der Waals surface area contributed by atoms with Crippen LogP contribution in [0.25, 0.3) is 5.65 Å². The lowest BCUT2D eigenvalue weighted by molar-refractivity contribution is -0.121. The van der Waals surface area contributed by atoms with Crippen LogP contribution in [-0.4, -0.2) is 27.0 Å². The van der Waals surface area contributed by atoms with Gasteiger partial charge in [0.2, 0.25) is 5.91 Å². The zero-order chi connectivity index (χ0) is 15.4. The number of aliphatic hydroxyl groups is 1. The molecule has 22 heavy (non-hydrogen) atoms. The maximum Gasteiger partial charge on any atom is 0.226 e. The SMILES string of the molecule is O=C(Cc1cn2ccccc2n1)N[C@H](CO)c1ccccc1. The molecule has 2 N–H and O–H groups in total. The van der Waals surface area contributed by atoms with Gasteiger partial charge in [-0.15, -0.1) is 0 Å². The second-order valence-corrected chi connectivity index (χ2v) is 5.09. The average Bonchev–Trinajstić information content (AvgIpc) is 2.95. The summed E-state index contributed by atoms with van der Waals surface area (Å²) in [7, 11) is 0. The van der Waals surface area contributed by atoms with E-state index in [0.29, 0.717) is 5.69 Å². The Labute approximate surface area is 128 Å². The smallest absolute Gasteiger partial charge is 0.226 e. The molecule has 0 unspecified atom stereocenters. The minimum Gasteiger partial charge on any atom is -0.394 e. The second kappa shape index (κ2) is 6.41. The summed E-state index contributed by atoms with van der Waals surface area (Å²) in [6.45, 7) is -0.138. The average molecular weight is 295 g/mol. The minimum absolute atomic E-state index is 0.138. The molecule has 0 spiro atoms. The van der Waals surface area contributed by atoms with E-state index in [1.165, 1.54) is 0 Å². The van der Waals surface area contributed by atoms with Gasteiger partial charge in [-0.25, -0.2) is 4.98 Å². The highest BCUT2D eigenvalue weighted by molar-refractivity contribution is 5.78. The molecule has 5 heteroatoms. The summed E-state index contributed by atoms with van der Waals surface area (Å²) >= 11 is 0. The van der Waals surface area contributed by atoms with Gasteiger partial charge in [-0.2, -0.15) is 0 Å². The van der Waals surface area contributed by atoms with Crippen molar-refractivity contribution < 1.29 is 9.90 Å².